The van der Waals surface area contributed by atoms with E-state index in [1.54, 1.807) is 26.0 Å². The van der Waals surface area contributed by atoms with Crippen molar-refractivity contribution in [3.63, 3.8) is 0 Å². The number of aromatic carboxylic acids is 1. The van der Waals surface area contributed by atoms with Gasteiger partial charge in [0.1, 0.15) is 5.82 Å². The van der Waals surface area contributed by atoms with E-state index in [1.807, 2.05) is 0 Å². The fraction of sp³-hybridized carbons (Fsp3) is 0.138. The Labute approximate surface area is 244 Å². The van der Waals surface area contributed by atoms with E-state index in [1.165, 1.54) is 47.1 Å². The van der Waals surface area contributed by atoms with Crippen molar-refractivity contribution in [2.75, 3.05) is 5.73 Å². The van der Waals surface area contributed by atoms with Crippen LogP contribution in [0.1, 0.15) is 32.7 Å². The summed E-state index contributed by atoms with van der Waals surface area (Å²) in [5.74, 6) is -0.981. The molecule has 226 valence electrons. The Morgan fingerprint density at radius 2 is 1.16 bits per heavy atom. The summed E-state index contributed by atoms with van der Waals surface area (Å²) in [5, 5.41) is 17.3. The highest BCUT2D eigenvalue weighted by atomic mass is 19.4. The van der Waals surface area contributed by atoms with Gasteiger partial charge in [0.2, 0.25) is 0 Å². The minimum absolute atomic E-state index is 0.0168. The largest absolute Gasteiger partial charge is 0.476 e. The van der Waals surface area contributed by atoms with Crippen molar-refractivity contribution >= 4 is 23.1 Å². The van der Waals surface area contributed by atoms with Gasteiger partial charge in [-0.25, -0.2) is 19.3 Å². The Morgan fingerprint density at radius 3 is 1.64 bits per heavy atom. The number of rotatable bonds is 3. The molecule has 0 unspecified atom stereocenters. The van der Waals surface area contributed by atoms with Crippen LogP contribution in [-0.2, 0) is 12.4 Å². The first-order valence-electron chi connectivity index (χ1n) is 12.7. The van der Waals surface area contributed by atoms with Gasteiger partial charge in [-0.15, -0.1) is 0 Å². The number of carbonyl (C=O) groups is 1. The Morgan fingerprint density at radius 1 is 0.727 bits per heavy atom. The number of anilines is 1. The SMILES string of the molecule is Cc1cc(-c2ccccc2C(F)(F)F)nn2c(C(=O)O)cnc12.Cc1cc(-c2ccccc2C(F)(F)F)nn2c(N)cnc12. The van der Waals surface area contributed by atoms with E-state index >= 15 is 0 Å². The molecule has 6 aromatic rings. The van der Waals surface area contributed by atoms with Crippen LogP contribution in [0.3, 0.4) is 0 Å². The minimum atomic E-state index is -4.54. The van der Waals surface area contributed by atoms with Crippen molar-refractivity contribution in [3.05, 3.63) is 101 Å². The first-order valence-corrected chi connectivity index (χ1v) is 12.7. The Balaban J connectivity index is 0.000000175. The lowest BCUT2D eigenvalue weighted by Gasteiger charge is -2.13. The fourth-order valence-corrected chi connectivity index (χ4v) is 4.58. The number of benzene rings is 2. The van der Waals surface area contributed by atoms with Crippen molar-refractivity contribution < 1.29 is 36.2 Å². The monoisotopic (exact) mass is 613 g/mol. The molecule has 6 rings (SSSR count). The molecule has 4 aromatic heterocycles. The smallest absolute Gasteiger partial charge is 0.417 e. The van der Waals surface area contributed by atoms with Crippen molar-refractivity contribution in [2.24, 2.45) is 0 Å². The molecule has 3 N–H and O–H groups in total. The van der Waals surface area contributed by atoms with E-state index in [0.29, 0.717) is 16.8 Å². The Bertz CT molecular complexity index is 2030. The lowest BCUT2D eigenvalue weighted by atomic mass is 10.0. The second-order valence-corrected chi connectivity index (χ2v) is 9.61. The van der Waals surface area contributed by atoms with Crippen LogP contribution in [0.15, 0.2) is 73.1 Å². The van der Waals surface area contributed by atoms with Crippen LogP contribution in [0.5, 0.6) is 0 Å². The molecule has 0 radical (unpaired) electrons. The van der Waals surface area contributed by atoms with Crippen LogP contribution >= 0.6 is 0 Å². The number of aryl methyl sites for hydroxylation is 2. The maximum atomic E-state index is 13.2. The average molecular weight is 614 g/mol. The summed E-state index contributed by atoms with van der Waals surface area (Å²) in [5.41, 5.74) is 6.14. The normalized spacial score (nSPS) is 11.9. The number of aromatic nitrogens is 6. The van der Waals surface area contributed by atoms with Gasteiger partial charge in [0, 0.05) is 11.1 Å². The highest BCUT2D eigenvalue weighted by Gasteiger charge is 2.35. The quantitative estimate of drug-likeness (QED) is 0.212. The van der Waals surface area contributed by atoms with Crippen LogP contribution in [0.4, 0.5) is 32.2 Å². The number of alkyl halides is 6. The number of hydrogen-bond acceptors (Lipinski definition) is 6. The molecule has 0 spiro atoms. The molecular formula is C29H21F6N7O2. The summed E-state index contributed by atoms with van der Waals surface area (Å²) in [7, 11) is 0. The van der Waals surface area contributed by atoms with Gasteiger partial charge < -0.3 is 10.8 Å². The molecule has 0 aliphatic rings. The number of imidazole rings is 2. The molecule has 9 nitrogen and oxygen atoms in total. The van der Waals surface area contributed by atoms with Crippen LogP contribution in [-0.4, -0.2) is 40.3 Å². The predicted molar refractivity (Wildman–Crippen MR) is 148 cm³/mol. The van der Waals surface area contributed by atoms with E-state index in [2.05, 4.69) is 20.2 Å². The molecular weight excluding hydrogens is 592 g/mol. The van der Waals surface area contributed by atoms with E-state index in [-0.39, 0.29) is 39.7 Å². The third-order valence-corrected chi connectivity index (χ3v) is 6.57. The van der Waals surface area contributed by atoms with Gasteiger partial charge in [-0.05, 0) is 49.2 Å². The lowest BCUT2D eigenvalue weighted by molar-refractivity contribution is -0.137. The third kappa shape index (κ3) is 5.63. The van der Waals surface area contributed by atoms with Gasteiger partial charge >= 0.3 is 18.3 Å². The van der Waals surface area contributed by atoms with E-state index in [0.717, 1.165) is 22.8 Å². The zero-order valence-electron chi connectivity index (χ0n) is 22.8. The number of nitrogen functional groups attached to an aromatic ring is 1. The van der Waals surface area contributed by atoms with Gasteiger partial charge in [-0.3, -0.25) is 0 Å². The summed E-state index contributed by atoms with van der Waals surface area (Å²) in [6.45, 7) is 3.39. The van der Waals surface area contributed by atoms with Crippen molar-refractivity contribution in [1.82, 2.24) is 29.2 Å². The van der Waals surface area contributed by atoms with Crippen LogP contribution in [0, 0.1) is 13.8 Å². The van der Waals surface area contributed by atoms with Crippen LogP contribution in [0.25, 0.3) is 33.8 Å². The molecule has 0 saturated carbocycles. The Hall–Kier alpha value is -5.47. The maximum Gasteiger partial charge on any atom is 0.417 e. The van der Waals surface area contributed by atoms with Gasteiger partial charge in [0.25, 0.3) is 0 Å². The maximum absolute atomic E-state index is 13.2. The number of halogens is 6. The highest BCUT2D eigenvalue weighted by molar-refractivity contribution is 5.86. The van der Waals surface area contributed by atoms with E-state index in [4.69, 9.17) is 10.8 Å². The molecule has 44 heavy (non-hydrogen) atoms. The molecule has 0 fully saturated rings. The zero-order valence-corrected chi connectivity index (χ0v) is 22.8. The predicted octanol–water partition coefficient (Wildman–Crippen LogP) is 6.73. The van der Waals surface area contributed by atoms with Gasteiger partial charge in [0.05, 0.1) is 34.9 Å². The Kier molecular flexibility index (Phi) is 7.49. The average Bonchev–Trinajstić information content (AvgIpc) is 3.57. The third-order valence-electron chi connectivity index (χ3n) is 6.57. The number of fused-ring (bicyclic) bond motifs is 2. The van der Waals surface area contributed by atoms with Crippen molar-refractivity contribution in [2.45, 2.75) is 26.2 Å². The van der Waals surface area contributed by atoms with Gasteiger partial charge in [-0.1, -0.05) is 36.4 Å². The summed E-state index contributed by atoms with van der Waals surface area (Å²) >= 11 is 0. The lowest BCUT2D eigenvalue weighted by Crippen LogP contribution is -2.10. The molecule has 0 aliphatic carbocycles. The summed E-state index contributed by atoms with van der Waals surface area (Å²) in [6.07, 6.45) is -6.43. The number of nitrogens with two attached hydrogens (primary N) is 1. The first-order chi connectivity index (χ1) is 20.7. The molecule has 2 aromatic carbocycles. The van der Waals surface area contributed by atoms with Gasteiger partial charge in [0.15, 0.2) is 17.0 Å². The second kappa shape index (κ2) is 11.0. The second-order valence-electron chi connectivity index (χ2n) is 9.61. The molecule has 0 amide bonds. The molecule has 4 heterocycles. The number of hydrogen-bond donors (Lipinski definition) is 2. The number of carboxylic acid groups (broad SMARTS) is 1. The van der Waals surface area contributed by atoms with Crippen LogP contribution in [0.2, 0.25) is 0 Å². The molecule has 15 heteroatoms. The highest BCUT2D eigenvalue weighted by Crippen LogP contribution is 2.38. The fourth-order valence-electron chi connectivity index (χ4n) is 4.58. The number of carboxylic acids is 1. The topological polar surface area (TPSA) is 124 Å². The van der Waals surface area contributed by atoms with Crippen molar-refractivity contribution in [3.8, 4) is 22.5 Å². The minimum Gasteiger partial charge on any atom is -0.476 e. The number of nitrogens with zero attached hydrogens (tertiary/aromatic N) is 6. The molecule has 0 bridgehead atoms. The van der Waals surface area contributed by atoms with Crippen molar-refractivity contribution in [1.29, 1.82) is 0 Å². The first kappa shape index (κ1) is 30.0. The molecule has 0 atom stereocenters. The summed E-state index contributed by atoms with van der Waals surface area (Å²) in [4.78, 5) is 19.2. The summed E-state index contributed by atoms with van der Waals surface area (Å²) < 4.78 is 81.1. The zero-order chi connectivity index (χ0) is 32.0. The molecule has 0 saturated heterocycles. The van der Waals surface area contributed by atoms with Crippen LogP contribution < -0.4 is 5.73 Å². The summed E-state index contributed by atoms with van der Waals surface area (Å²) in [6, 6.07) is 13.4. The molecule has 0 aliphatic heterocycles. The van der Waals surface area contributed by atoms with E-state index < -0.39 is 29.4 Å². The van der Waals surface area contributed by atoms with E-state index in [9.17, 15) is 31.1 Å². The standard InChI is InChI=1S/C15H10F3N3O2.C14H11F3N4/c1-8-6-11(9-4-2-3-5-10(9)15(16,17)18)20-21-12(14(22)23)7-19-13(8)21;1-8-6-11(20-21-12(18)7-19-13(8)21)9-4-2-3-5-10(9)14(15,16)17/h2-7H,1H3,(H,22,23);2-7H,18H2,1H3. The van der Waals surface area contributed by atoms with Gasteiger partial charge in [-0.2, -0.15) is 41.1 Å².